The van der Waals surface area contributed by atoms with Gasteiger partial charge < -0.3 is 15.0 Å². The number of ether oxygens (including phenoxy) is 1. The zero-order valence-corrected chi connectivity index (χ0v) is 22.4. The summed E-state index contributed by atoms with van der Waals surface area (Å²) in [5.41, 5.74) is 3.16. The molecule has 4 unspecified atom stereocenters. The molecular formula is C28H31N3O3S2. The van der Waals surface area contributed by atoms with Crippen LogP contribution in [-0.2, 0) is 11.3 Å². The number of hydrogen-bond acceptors (Lipinski definition) is 6. The van der Waals surface area contributed by atoms with Crippen molar-refractivity contribution in [3.8, 4) is 5.75 Å². The Labute approximate surface area is 219 Å². The lowest BCUT2D eigenvalue weighted by molar-refractivity contribution is -0.116. The zero-order valence-electron chi connectivity index (χ0n) is 20.8. The van der Waals surface area contributed by atoms with Gasteiger partial charge in [0.25, 0.3) is 0 Å². The molecule has 0 saturated heterocycles. The van der Waals surface area contributed by atoms with Crippen molar-refractivity contribution in [2.45, 2.75) is 42.0 Å². The van der Waals surface area contributed by atoms with Gasteiger partial charge in [-0.25, -0.2) is 0 Å². The topological polar surface area (TPSA) is 63.6 Å². The van der Waals surface area contributed by atoms with Gasteiger partial charge in [-0.15, -0.1) is 11.8 Å². The van der Waals surface area contributed by atoms with Crippen molar-refractivity contribution in [1.82, 2.24) is 4.57 Å². The zero-order chi connectivity index (χ0) is 25.0. The summed E-state index contributed by atoms with van der Waals surface area (Å²) >= 11 is 3.21. The largest absolute Gasteiger partial charge is 0.497 e. The van der Waals surface area contributed by atoms with Gasteiger partial charge in [0, 0.05) is 41.5 Å². The monoisotopic (exact) mass is 521 g/mol. The molecule has 8 heteroatoms. The van der Waals surface area contributed by atoms with Crippen molar-refractivity contribution < 1.29 is 9.53 Å². The summed E-state index contributed by atoms with van der Waals surface area (Å²) in [6.07, 6.45) is 3.88. The summed E-state index contributed by atoms with van der Waals surface area (Å²) in [6, 6.07) is 16.1. The Kier molecular flexibility index (Phi) is 6.12. The number of aromatic nitrogens is 1. The van der Waals surface area contributed by atoms with Crippen LogP contribution in [0.4, 0.5) is 11.4 Å². The molecule has 36 heavy (non-hydrogen) atoms. The highest BCUT2D eigenvalue weighted by Crippen LogP contribution is 2.64. The molecule has 1 N–H and O–H groups in total. The number of fused-ring (bicyclic) bond motifs is 6. The van der Waals surface area contributed by atoms with Crippen molar-refractivity contribution in [2.24, 2.45) is 17.8 Å². The summed E-state index contributed by atoms with van der Waals surface area (Å²) < 4.78 is 6.91. The normalized spacial score (nSPS) is 25.8. The van der Waals surface area contributed by atoms with Gasteiger partial charge in [0.1, 0.15) is 12.3 Å². The van der Waals surface area contributed by atoms with E-state index in [2.05, 4.69) is 48.6 Å². The Bertz CT molecular complexity index is 1330. The fourth-order valence-corrected chi connectivity index (χ4v) is 9.61. The van der Waals surface area contributed by atoms with E-state index in [1.54, 1.807) is 11.7 Å². The van der Waals surface area contributed by atoms with Gasteiger partial charge in [-0.1, -0.05) is 23.5 Å². The van der Waals surface area contributed by atoms with Crippen LogP contribution < -0.4 is 19.8 Å². The van der Waals surface area contributed by atoms with Crippen LogP contribution in [0.3, 0.4) is 0 Å². The first kappa shape index (κ1) is 23.7. The van der Waals surface area contributed by atoms with Gasteiger partial charge in [0.2, 0.25) is 5.91 Å². The lowest BCUT2D eigenvalue weighted by atomic mass is 9.75. The van der Waals surface area contributed by atoms with Crippen molar-refractivity contribution in [2.75, 3.05) is 31.4 Å². The smallest absolute Gasteiger partial charge is 0.308 e. The minimum Gasteiger partial charge on any atom is -0.497 e. The maximum atomic E-state index is 13.3. The molecule has 1 aromatic heterocycles. The summed E-state index contributed by atoms with van der Waals surface area (Å²) in [6.45, 7) is 0.0292. The Balaban J connectivity index is 1.33. The molecule has 2 fully saturated rings. The number of carbonyl (C=O) groups is 1. The predicted octanol–water partition coefficient (Wildman–Crippen LogP) is 5.28. The minimum absolute atomic E-state index is 0.0292. The van der Waals surface area contributed by atoms with Gasteiger partial charge in [-0.2, -0.15) is 0 Å². The molecule has 3 aliphatic rings. The third-order valence-electron chi connectivity index (χ3n) is 8.13. The summed E-state index contributed by atoms with van der Waals surface area (Å²) in [4.78, 5) is 29.4. The molecule has 3 aromatic rings. The van der Waals surface area contributed by atoms with Gasteiger partial charge >= 0.3 is 4.87 Å². The van der Waals surface area contributed by atoms with E-state index < -0.39 is 0 Å². The lowest BCUT2D eigenvalue weighted by Crippen LogP contribution is -2.34. The molecule has 0 spiro atoms. The summed E-state index contributed by atoms with van der Waals surface area (Å²) in [5, 5.41) is 4.45. The molecule has 2 saturated carbocycles. The number of anilines is 2. The number of rotatable bonds is 6. The SMILES string of the molecule is COc1ccc(NC(=O)Cn2c3c(sc2=O)[C@H](c2ccc(N(C)C)cc2)C2C4CCC(C4)C2S3)cc1. The molecule has 2 heterocycles. The number of carbonyl (C=O) groups excluding carboxylic acids is 1. The second-order valence-corrected chi connectivity index (χ2v) is 12.5. The fourth-order valence-electron chi connectivity index (χ4n) is 6.46. The Morgan fingerprint density at radius 1 is 1.08 bits per heavy atom. The van der Waals surface area contributed by atoms with E-state index in [0.29, 0.717) is 22.8 Å². The second kappa shape index (κ2) is 9.30. The average Bonchev–Trinajstić information content (AvgIpc) is 3.57. The molecule has 1 amide bonds. The van der Waals surface area contributed by atoms with Gasteiger partial charge in [-0.05, 0) is 79.0 Å². The molecule has 2 aromatic carbocycles. The fraction of sp³-hybridized carbons (Fsp3) is 0.429. The van der Waals surface area contributed by atoms with Crippen LogP contribution in [-0.4, -0.2) is 36.9 Å². The van der Waals surface area contributed by atoms with E-state index in [4.69, 9.17) is 4.74 Å². The molecule has 2 bridgehead atoms. The van der Waals surface area contributed by atoms with Crippen molar-refractivity contribution in [3.05, 3.63) is 68.6 Å². The quantitative estimate of drug-likeness (QED) is 0.479. The molecule has 0 radical (unpaired) electrons. The summed E-state index contributed by atoms with van der Waals surface area (Å²) in [5.74, 6) is 2.76. The number of nitrogens with one attached hydrogen (secondary N) is 1. The average molecular weight is 522 g/mol. The van der Waals surface area contributed by atoms with E-state index >= 15 is 0 Å². The van der Waals surface area contributed by atoms with Crippen LogP contribution in [0.5, 0.6) is 5.75 Å². The Morgan fingerprint density at radius 2 is 1.81 bits per heavy atom. The molecule has 6 nitrogen and oxygen atoms in total. The lowest BCUT2D eigenvalue weighted by Gasteiger charge is -2.40. The van der Waals surface area contributed by atoms with E-state index in [0.717, 1.165) is 21.6 Å². The number of amides is 1. The molecule has 5 atom stereocenters. The van der Waals surface area contributed by atoms with Gasteiger partial charge in [-0.3, -0.25) is 14.2 Å². The Morgan fingerprint density at radius 3 is 2.50 bits per heavy atom. The highest BCUT2D eigenvalue weighted by atomic mass is 32.2. The van der Waals surface area contributed by atoms with E-state index in [1.165, 1.54) is 41.9 Å². The third kappa shape index (κ3) is 4.04. The molecular weight excluding hydrogens is 490 g/mol. The van der Waals surface area contributed by atoms with Crippen molar-refractivity contribution >= 4 is 40.4 Å². The van der Waals surface area contributed by atoms with Crippen LogP contribution >= 0.6 is 23.1 Å². The first-order valence-corrected chi connectivity index (χ1v) is 14.2. The number of hydrogen-bond donors (Lipinski definition) is 1. The molecule has 6 rings (SSSR count). The number of thioether (sulfide) groups is 1. The highest BCUT2D eigenvalue weighted by molar-refractivity contribution is 8.00. The van der Waals surface area contributed by atoms with Crippen LogP contribution in [0.2, 0.25) is 0 Å². The maximum Gasteiger partial charge on any atom is 0.308 e. The second-order valence-electron chi connectivity index (χ2n) is 10.4. The van der Waals surface area contributed by atoms with Crippen LogP contribution in [0.1, 0.15) is 35.6 Å². The molecule has 1 aliphatic heterocycles. The Hall–Kier alpha value is -2.71. The standard InChI is InChI=1S/C28H31N3O3S2/c1-30(2)20-10-6-16(7-11-20)23-24-17-4-5-18(14-17)25(24)35-27-26(23)36-28(33)31(27)15-22(32)29-19-8-12-21(34-3)13-9-19/h6-13,17-18,23-25H,4-5,14-15H2,1-3H3,(H,29,32)/t17?,18?,23-,24?,25?/m1/s1. The van der Waals surface area contributed by atoms with Crippen LogP contribution in [0.25, 0.3) is 0 Å². The van der Waals surface area contributed by atoms with Gasteiger partial charge in [0.05, 0.1) is 12.1 Å². The van der Waals surface area contributed by atoms with E-state index in [-0.39, 0.29) is 23.2 Å². The van der Waals surface area contributed by atoms with Gasteiger partial charge in [0.15, 0.2) is 0 Å². The van der Waals surface area contributed by atoms with Crippen molar-refractivity contribution in [3.63, 3.8) is 0 Å². The highest BCUT2D eigenvalue weighted by Gasteiger charge is 2.55. The number of benzene rings is 2. The first-order valence-electron chi connectivity index (χ1n) is 12.5. The number of methoxy groups -OCH3 is 1. The van der Waals surface area contributed by atoms with Crippen LogP contribution in [0, 0.1) is 17.8 Å². The van der Waals surface area contributed by atoms with E-state index in [1.807, 2.05) is 36.0 Å². The predicted molar refractivity (Wildman–Crippen MR) is 147 cm³/mol. The molecule has 2 aliphatic carbocycles. The van der Waals surface area contributed by atoms with E-state index in [9.17, 15) is 9.59 Å². The number of nitrogens with zero attached hydrogens (tertiary/aromatic N) is 2. The first-order chi connectivity index (χ1) is 17.4. The third-order valence-corrected chi connectivity index (χ3v) is 11.0. The van der Waals surface area contributed by atoms with Crippen molar-refractivity contribution in [1.29, 1.82) is 0 Å². The minimum atomic E-state index is -0.189. The number of thiazole rings is 1. The molecule has 188 valence electrons. The summed E-state index contributed by atoms with van der Waals surface area (Å²) in [7, 11) is 5.72. The maximum absolute atomic E-state index is 13.3. The van der Waals surface area contributed by atoms with Crippen LogP contribution in [0.15, 0.2) is 58.4 Å².